The third-order valence-electron chi connectivity index (χ3n) is 2.77. The molecule has 0 aliphatic rings. The third-order valence-corrected chi connectivity index (χ3v) is 2.77. The van der Waals surface area contributed by atoms with Gasteiger partial charge in [-0.1, -0.05) is 18.2 Å². The van der Waals surface area contributed by atoms with Gasteiger partial charge in [-0.15, -0.1) is 0 Å². The van der Waals surface area contributed by atoms with Gasteiger partial charge in [-0.25, -0.2) is 4.99 Å². The molecule has 2 rings (SSSR count). The average molecular weight is 273 g/mol. The fraction of sp³-hybridized carbons (Fsp3) is 0.286. The van der Waals surface area contributed by atoms with Crippen molar-refractivity contribution >= 4 is 11.6 Å². The maximum absolute atomic E-state index is 5.90. The van der Waals surface area contributed by atoms with Crippen LogP contribution in [0.1, 0.15) is 11.1 Å². The fourth-order valence-electron chi connectivity index (χ4n) is 1.83. The highest BCUT2D eigenvalue weighted by Crippen LogP contribution is 2.15. The number of nitrogens with two attached hydrogens (primary N) is 1. The number of guanidine groups is 1. The van der Waals surface area contributed by atoms with Crippen LogP contribution >= 0.6 is 0 Å². The Labute approximate surface area is 118 Å². The van der Waals surface area contributed by atoms with Gasteiger partial charge in [-0.2, -0.15) is 5.10 Å². The molecule has 0 atom stereocenters. The lowest BCUT2D eigenvalue weighted by atomic mass is 10.2. The average Bonchev–Trinajstić information content (AvgIpc) is 2.85. The lowest BCUT2D eigenvalue weighted by molar-refractivity contribution is 0.185. The summed E-state index contributed by atoms with van der Waals surface area (Å²) in [6.07, 6.45) is 3.69. The Morgan fingerprint density at radius 3 is 2.95 bits per heavy atom. The number of para-hydroxylation sites is 1. The number of rotatable bonds is 5. The van der Waals surface area contributed by atoms with Crippen LogP contribution in [0, 0.1) is 0 Å². The summed E-state index contributed by atoms with van der Waals surface area (Å²) in [5, 5.41) is 7.18. The van der Waals surface area contributed by atoms with Gasteiger partial charge in [0.1, 0.15) is 0 Å². The van der Waals surface area contributed by atoms with Crippen molar-refractivity contribution in [2.75, 3.05) is 12.4 Å². The van der Waals surface area contributed by atoms with Crippen LogP contribution in [0.15, 0.2) is 41.7 Å². The van der Waals surface area contributed by atoms with Crippen LogP contribution in [0.3, 0.4) is 0 Å². The normalized spacial score (nSPS) is 11.6. The Bertz CT molecular complexity index is 591. The van der Waals surface area contributed by atoms with Crippen LogP contribution in [-0.2, 0) is 24.9 Å². The number of hydrogen-bond acceptors (Lipinski definition) is 3. The zero-order chi connectivity index (χ0) is 14.4. The first-order valence-corrected chi connectivity index (χ1v) is 6.30. The van der Waals surface area contributed by atoms with Crippen molar-refractivity contribution in [1.29, 1.82) is 0 Å². The van der Waals surface area contributed by atoms with E-state index >= 15 is 0 Å². The molecule has 20 heavy (non-hydrogen) atoms. The summed E-state index contributed by atoms with van der Waals surface area (Å²) in [5.74, 6) is 0.373. The number of aromatic nitrogens is 2. The highest BCUT2D eigenvalue weighted by atomic mass is 16.5. The minimum Gasteiger partial charge on any atom is -0.380 e. The van der Waals surface area contributed by atoms with Crippen molar-refractivity contribution in [1.82, 2.24) is 9.78 Å². The number of ether oxygens (including phenoxy) is 1. The number of anilines is 1. The molecule has 0 bridgehead atoms. The van der Waals surface area contributed by atoms with E-state index in [9.17, 15) is 0 Å². The molecule has 1 aromatic carbocycles. The summed E-state index contributed by atoms with van der Waals surface area (Å²) in [5.41, 5.74) is 8.85. The Morgan fingerprint density at radius 1 is 1.45 bits per heavy atom. The number of nitrogens with one attached hydrogen (secondary N) is 1. The van der Waals surface area contributed by atoms with E-state index in [1.165, 1.54) is 0 Å². The van der Waals surface area contributed by atoms with Gasteiger partial charge < -0.3 is 15.8 Å². The molecule has 0 aliphatic carbocycles. The largest absolute Gasteiger partial charge is 0.380 e. The molecular formula is C14H19N5O. The molecule has 106 valence electrons. The first-order chi connectivity index (χ1) is 9.69. The molecule has 1 aromatic heterocycles. The molecular weight excluding hydrogens is 254 g/mol. The number of methoxy groups -OCH3 is 1. The molecule has 0 aliphatic heterocycles. The summed E-state index contributed by atoms with van der Waals surface area (Å²) in [7, 11) is 3.53. The molecule has 0 saturated carbocycles. The maximum Gasteiger partial charge on any atom is 0.193 e. The quantitative estimate of drug-likeness (QED) is 0.639. The molecule has 6 heteroatoms. The molecule has 0 amide bonds. The van der Waals surface area contributed by atoms with Crippen LogP contribution in [0.4, 0.5) is 5.69 Å². The zero-order valence-corrected chi connectivity index (χ0v) is 11.7. The van der Waals surface area contributed by atoms with Crippen molar-refractivity contribution in [3.63, 3.8) is 0 Å². The molecule has 0 unspecified atom stereocenters. The van der Waals surface area contributed by atoms with Crippen molar-refractivity contribution in [2.24, 2.45) is 17.8 Å². The predicted molar refractivity (Wildman–Crippen MR) is 79.3 cm³/mol. The molecule has 0 radical (unpaired) electrons. The van der Waals surface area contributed by atoms with Crippen LogP contribution in [0.25, 0.3) is 0 Å². The van der Waals surface area contributed by atoms with Gasteiger partial charge in [0.2, 0.25) is 0 Å². The second-order valence-corrected chi connectivity index (χ2v) is 4.44. The van der Waals surface area contributed by atoms with Gasteiger partial charge >= 0.3 is 0 Å². The van der Waals surface area contributed by atoms with Gasteiger partial charge in [0.25, 0.3) is 0 Å². The summed E-state index contributed by atoms with van der Waals surface area (Å²) in [6.45, 7) is 1.03. The lowest BCUT2D eigenvalue weighted by Gasteiger charge is -2.10. The van der Waals surface area contributed by atoms with Crippen LogP contribution in [0.2, 0.25) is 0 Å². The highest BCUT2D eigenvalue weighted by Gasteiger charge is 2.02. The topological polar surface area (TPSA) is 77.5 Å². The Morgan fingerprint density at radius 2 is 2.25 bits per heavy atom. The summed E-state index contributed by atoms with van der Waals surface area (Å²) < 4.78 is 6.89. The molecule has 0 saturated heterocycles. The van der Waals surface area contributed by atoms with Crippen LogP contribution in [0.5, 0.6) is 0 Å². The number of aryl methyl sites for hydroxylation is 1. The molecule has 2 aromatic rings. The summed E-state index contributed by atoms with van der Waals surface area (Å²) in [4.78, 5) is 4.29. The molecule has 1 heterocycles. The van der Waals surface area contributed by atoms with E-state index in [0.717, 1.165) is 16.8 Å². The van der Waals surface area contributed by atoms with E-state index in [1.54, 1.807) is 18.0 Å². The van der Waals surface area contributed by atoms with Crippen molar-refractivity contribution in [3.8, 4) is 0 Å². The summed E-state index contributed by atoms with van der Waals surface area (Å²) in [6, 6.07) is 7.83. The van der Waals surface area contributed by atoms with E-state index in [4.69, 9.17) is 10.5 Å². The van der Waals surface area contributed by atoms with E-state index < -0.39 is 0 Å². The summed E-state index contributed by atoms with van der Waals surface area (Å²) >= 11 is 0. The standard InChI is InChI=1S/C14H19N5O/c1-19-9-11(8-17-19)7-16-14(15)18-13-6-4-3-5-12(13)10-20-2/h3-6,8-9H,7,10H2,1-2H3,(H3,15,16,18). The van der Waals surface area contributed by atoms with Crippen LogP contribution in [-0.4, -0.2) is 22.8 Å². The van der Waals surface area contributed by atoms with Crippen molar-refractivity contribution in [3.05, 3.63) is 47.8 Å². The van der Waals surface area contributed by atoms with Crippen molar-refractivity contribution in [2.45, 2.75) is 13.2 Å². The first kappa shape index (κ1) is 14.1. The number of nitrogens with zero attached hydrogens (tertiary/aromatic N) is 3. The van der Waals surface area contributed by atoms with E-state index in [0.29, 0.717) is 19.1 Å². The van der Waals surface area contributed by atoms with Crippen LogP contribution < -0.4 is 11.1 Å². The van der Waals surface area contributed by atoms with Crippen molar-refractivity contribution < 1.29 is 4.74 Å². The minimum absolute atomic E-state index is 0.373. The maximum atomic E-state index is 5.90. The second kappa shape index (κ2) is 6.72. The van der Waals surface area contributed by atoms with Gasteiger partial charge in [0, 0.05) is 37.2 Å². The highest BCUT2D eigenvalue weighted by molar-refractivity contribution is 5.92. The molecule has 0 fully saturated rings. The number of aliphatic imine (C=N–C) groups is 1. The fourth-order valence-corrected chi connectivity index (χ4v) is 1.83. The minimum atomic E-state index is 0.373. The first-order valence-electron chi connectivity index (χ1n) is 6.30. The van der Waals surface area contributed by atoms with Gasteiger partial charge in [-0.3, -0.25) is 4.68 Å². The monoisotopic (exact) mass is 273 g/mol. The Hall–Kier alpha value is -2.34. The number of benzene rings is 1. The third kappa shape index (κ3) is 3.83. The predicted octanol–water partition coefficient (Wildman–Crippen LogP) is 1.49. The number of hydrogen-bond donors (Lipinski definition) is 2. The molecule has 0 spiro atoms. The Balaban J connectivity index is 2.01. The SMILES string of the molecule is COCc1ccccc1NC(N)=NCc1cnn(C)c1. The van der Waals surface area contributed by atoms with E-state index in [2.05, 4.69) is 15.4 Å². The molecule has 3 N–H and O–H groups in total. The zero-order valence-electron chi connectivity index (χ0n) is 11.7. The second-order valence-electron chi connectivity index (χ2n) is 4.44. The molecule has 6 nitrogen and oxygen atoms in total. The Kier molecular flexibility index (Phi) is 4.73. The van der Waals surface area contributed by atoms with E-state index in [-0.39, 0.29) is 0 Å². The van der Waals surface area contributed by atoms with E-state index in [1.807, 2.05) is 37.5 Å². The van der Waals surface area contributed by atoms with Gasteiger partial charge in [-0.05, 0) is 6.07 Å². The smallest absolute Gasteiger partial charge is 0.193 e. The van der Waals surface area contributed by atoms with Gasteiger partial charge in [0.15, 0.2) is 5.96 Å². The lowest BCUT2D eigenvalue weighted by Crippen LogP contribution is -2.23. The van der Waals surface area contributed by atoms with Gasteiger partial charge in [0.05, 0.1) is 19.3 Å².